The molecule has 1 atom stereocenters. The first-order chi connectivity index (χ1) is 15.0. The van der Waals surface area contributed by atoms with Gasteiger partial charge in [-0.05, 0) is 52.2 Å². The SMILES string of the molecule is CCC1C(=O)N(Cc2ccc3c(N)ccnc3c2)CCN1C(=O)C=Cc1cc(Br)cs1. The number of rotatable bonds is 5. The highest BCUT2D eigenvalue weighted by Crippen LogP contribution is 2.24. The molecule has 0 spiro atoms. The highest BCUT2D eigenvalue weighted by molar-refractivity contribution is 9.10. The molecule has 1 aromatic carbocycles. The van der Waals surface area contributed by atoms with E-state index in [4.69, 9.17) is 5.73 Å². The smallest absolute Gasteiger partial charge is 0.247 e. The first-order valence-electron chi connectivity index (χ1n) is 10.1. The molecule has 0 saturated carbocycles. The Morgan fingerprint density at radius 3 is 2.90 bits per heavy atom. The number of piperazine rings is 1. The molecule has 8 heteroatoms. The number of fused-ring (bicyclic) bond motifs is 1. The Morgan fingerprint density at radius 1 is 1.32 bits per heavy atom. The number of nitrogens with two attached hydrogens (primary N) is 1. The molecule has 31 heavy (non-hydrogen) atoms. The number of carbonyl (C=O) groups excluding carboxylic acids is 2. The molecule has 2 N–H and O–H groups in total. The number of hydrogen-bond donors (Lipinski definition) is 1. The Hall–Kier alpha value is -2.71. The van der Waals surface area contributed by atoms with Crippen molar-refractivity contribution in [2.45, 2.75) is 25.9 Å². The lowest BCUT2D eigenvalue weighted by Gasteiger charge is -2.40. The number of aromatic nitrogens is 1. The van der Waals surface area contributed by atoms with Crippen molar-refractivity contribution in [3.63, 3.8) is 0 Å². The van der Waals surface area contributed by atoms with Crippen molar-refractivity contribution in [2.24, 2.45) is 0 Å². The van der Waals surface area contributed by atoms with Gasteiger partial charge in [-0.1, -0.05) is 19.1 Å². The van der Waals surface area contributed by atoms with Gasteiger partial charge in [-0.15, -0.1) is 11.3 Å². The van der Waals surface area contributed by atoms with Crippen molar-refractivity contribution >= 4 is 61.7 Å². The van der Waals surface area contributed by atoms with Crippen LogP contribution in [0.3, 0.4) is 0 Å². The largest absolute Gasteiger partial charge is 0.398 e. The molecule has 0 bridgehead atoms. The molecule has 1 saturated heterocycles. The first-order valence-corrected chi connectivity index (χ1v) is 11.8. The third-order valence-corrected chi connectivity index (χ3v) is 7.10. The highest BCUT2D eigenvalue weighted by atomic mass is 79.9. The molecule has 0 radical (unpaired) electrons. The molecular weight excluding hydrogens is 476 g/mol. The summed E-state index contributed by atoms with van der Waals surface area (Å²) in [6.07, 6.45) is 5.63. The van der Waals surface area contributed by atoms with Crippen LogP contribution in [0.15, 0.2) is 52.5 Å². The molecule has 160 valence electrons. The van der Waals surface area contributed by atoms with E-state index in [1.807, 2.05) is 41.5 Å². The van der Waals surface area contributed by atoms with Crippen LogP contribution in [-0.4, -0.2) is 45.7 Å². The van der Waals surface area contributed by atoms with Gasteiger partial charge in [-0.3, -0.25) is 14.6 Å². The molecule has 2 amide bonds. The second kappa shape index (κ2) is 9.20. The summed E-state index contributed by atoms with van der Waals surface area (Å²) in [7, 11) is 0. The molecular formula is C23H23BrN4O2S. The van der Waals surface area contributed by atoms with Crippen molar-refractivity contribution in [1.29, 1.82) is 0 Å². The van der Waals surface area contributed by atoms with E-state index >= 15 is 0 Å². The second-order valence-corrected chi connectivity index (χ2v) is 9.33. The number of hydrogen-bond acceptors (Lipinski definition) is 5. The number of nitrogen functional groups attached to an aromatic ring is 1. The standard InChI is InChI=1S/C23H23BrN4O2S/c1-2-21-23(30)27(13-15-3-5-18-19(25)7-8-26-20(18)11-15)9-10-28(21)22(29)6-4-17-12-16(24)14-31-17/h3-8,11-12,14,21H,2,9-10,13H2,1H3,(H2,25,26). The van der Waals surface area contributed by atoms with Gasteiger partial charge < -0.3 is 15.5 Å². The van der Waals surface area contributed by atoms with Gasteiger partial charge in [-0.25, -0.2) is 0 Å². The van der Waals surface area contributed by atoms with Gasteiger partial charge in [0.1, 0.15) is 6.04 Å². The summed E-state index contributed by atoms with van der Waals surface area (Å²) >= 11 is 4.97. The molecule has 1 aliphatic rings. The lowest BCUT2D eigenvalue weighted by Crippen LogP contribution is -2.57. The minimum absolute atomic E-state index is 0.0185. The average Bonchev–Trinajstić information content (AvgIpc) is 3.18. The number of thiophene rings is 1. The zero-order valence-electron chi connectivity index (χ0n) is 17.1. The van der Waals surface area contributed by atoms with E-state index in [0.29, 0.717) is 31.7 Å². The van der Waals surface area contributed by atoms with Gasteiger partial charge >= 0.3 is 0 Å². The molecule has 1 fully saturated rings. The fourth-order valence-corrected chi connectivity index (χ4v) is 5.19. The summed E-state index contributed by atoms with van der Waals surface area (Å²) in [4.78, 5) is 34.8. The van der Waals surface area contributed by atoms with E-state index in [2.05, 4.69) is 20.9 Å². The number of nitrogens with zero attached hydrogens (tertiary/aromatic N) is 3. The van der Waals surface area contributed by atoms with Crippen molar-refractivity contribution in [3.8, 4) is 0 Å². The topological polar surface area (TPSA) is 79.5 Å². The number of carbonyl (C=O) groups is 2. The first kappa shape index (κ1) is 21.5. The fourth-order valence-electron chi connectivity index (χ4n) is 3.85. The predicted octanol–water partition coefficient (Wildman–Crippen LogP) is 4.30. The third-order valence-electron chi connectivity index (χ3n) is 5.45. The van der Waals surface area contributed by atoms with E-state index in [1.165, 1.54) is 0 Å². The Kier molecular flexibility index (Phi) is 6.38. The minimum atomic E-state index is -0.449. The Morgan fingerprint density at radius 2 is 2.16 bits per heavy atom. The van der Waals surface area contributed by atoms with Crippen molar-refractivity contribution in [2.75, 3.05) is 18.8 Å². The van der Waals surface area contributed by atoms with E-state index in [1.54, 1.807) is 40.7 Å². The molecule has 0 aliphatic carbocycles. The molecule has 6 nitrogen and oxygen atoms in total. The zero-order chi connectivity index (χ0) is 22.0. The van der Waals surface area contributed by atoms with Crippen LogP contribution in [0.4, 0.5) is 5.69 Å². The molecule has 1 unspecified atom stereocenters. The Bertz CT molecular complexity index is 1160. The van der Waals surface area contributed by atoms with Crippen molar-refractivity contribution in [3.05, 3.63) is 62.9 Å². The maximum absolute atomic E-state index is 13.1. The van der Waals surface area contributed by atoms with Crippen LogP contribution in [0.2, 0.25) is 0 Å². The number of amides is 2. The van der Waals surface area contributed by atoms with Crippen LogP contribution in [0.1, 0.15) is 23.8 Å². The number of benzene rings is 1. The lowest BCUT2D eigenvalue weighted by atomic mass is 10.1. The van der Waals surface area contributed by atoms with E-state index in [9.17, 15) is 9.59 Å². The van der Waals surface area contributed by atoms with Gasteiger partial charge in [0.2, 0.25) is 11.8 Å². The maximum atomic E-state index is 13.1. The van der Waals surface area contributed by atoms with Gasteiger partial charge in [0.05, 0.1) is 5.52 Å². The number of anilines is 1. The van der Waals surface area contributed by atoms with Gasteiger partial charge in [-0.2, -0.15) is 0 Å². The van der Waals surface area contributed by atoms with Crippen LogP contribution >= 0.6 is 27.3 Å². The van der Waals surface area contributed by atoms with E-state index in [0.717, 1.165) is 25.8 Å². The van der Waals surface area contributed by atoms with Crippen LogP contribution in [-0.2, 0) is 16.1 Å². The van der Waals surface area contributed by atoms with Crippen molar-refractivity contribution in [1.82, 2.24) is 14.8 Å². The number of pyridine rings is 1. The summed E-state index contributed by atoms with van der Waals surface area (Å²) < 4.78 is 0.992. The second-order valence-electron chi connectivity index (χ2n) is 7.47. The summed E-state index contributed by atoms with van der Waals surface area (Å²) in [5.41, 5.74) is 8.51. The minimum Gasteiger partial charge on any atom is -0.398 e. The molecule has 1 aliphatic heterocycles. The van der Waals surface area contributed by atoms with Crippen molar-refractivity contribution < 1.29 is 9.59 Å². The average molecular weight is 499 g/mol. The zero-order valence-corrected chi connectivity index (χ0v) is 19.5. The summed E-state index contributed by atoms with van der Waals surface area (Å²) in [5, 5.41) is 2.88. The normalized spacial score (nSPS) is 17.1. The van der Waals surface area contributed by atoms with Gasteiger partial charge in [0.25, 0.3) is 0 Å². The summed E-state index contributed by atoms with van der Waals surface area (Å²) in [6.45, 7) is 3.44. The molecule has 3 heterocycles. The van der Waals surface area contributed by atoms with Crippen LogP contribution < -0.4 is 5.73 Å². The van der Waals surface area contributed by atoms with Crippen LogP contribution in [0.25, 0.3) is 17.0 Å². The molecule has 4 rings (SSSR count). The third kappa shape index (κ3) is 4.65. The van der Waals surface area contributed by atoms with Crippen LogP contribution in [0, 0.1) is 0 Å². The summed E-state index contributed by atoms with van der Waals surface area (Å²) in [5.74, 6) is -0.148. The van der Waals surface area contributed by atoms with Gasteiger partial charge in [0, 0.05) is 57.7 Å². The fraction of sp³-hybridized carbons (Fsp3) is 0.261. The molecule has 2 aromatic heterocycles. The Labute approximate surface area is 193 Å². The lowest BCUT2D eigenvalue weighted by molar-refractivity contribution is -0.149. The van der Waals surface area contributed by atoms with E-state index in [-0.39, 0.29) is 11.8 Å². The maximum Gasteiger partial charge on any atom is 0.247 e. The van der Waals surface area contributed by atoms with E-state index < -0.39 is 6.04 Å². The predicted molar refractivity (Wildman–Crippen MR) is 128 cm³/mol. The van der Waals surface area contributed by atoms with Gasteiger partial charge in [0.15, 0.2) is 0 Å². The monoisotopic (exact) mass is 498 g/mol. The highest BCUT2D eigenvalue weighted by Gasteiger charge is 2.35. The van der Waals surface area contributed by atoms with Crippen LogP contribution in [0.5, 0.6) is 0 Å². The Balaban J connectivity index is 1.46. The number of halogens is 1. The molecule has 3 aromatic rings. The summed E-state index contributed by atoms with van der Waals surface area (Å²) in [6, 6.07) is 9.19. The quantitative estimate of drug-likeness (QED) is 0.531.